The minimum absolute atomic E-state index is 0.111. The van der Waals surface area contributed by atoms with Gasteiger partial charge in [-0.2, -0.15) is 0 Å². The van der Waals surface area contributed by atoms with Gasteiger partial charge < -0.3 is 9.88 Å². The fourth-order valence-electron chi connectivity index (χ4n) is 2.08. The van der Waals surface area contributed by atoms with Crippen molar-refractivity contribution in [3.05, 3.63) is 52.1 Å². The highest BCUT2D eigenvalue weighted by Gasteiger charge is 2.09. The van der Waals surface area contributed by atoms with Gasteiger partial charge in [0, 0.05) is 30.1 Å². The molecule has 0 spiro atoms. The van der Waals surface area contributed by atoms with Crippen molar-refractivity contribution in [1.29, 1.82) is 0 Å². The minimum Gasteiger partial charge on any atom is -0.379 e. The highest BCUT2D eigenvalue weighted by molar-refractivity contribution is 5.55. The lowest BCUT2D eigenvalue weighted by Gasteiger charge is -2.14. The van der Waals surface area contributed by atoms with E-state index in [1.54, 1.807) is 12.1 Å². The first-order valence-corrected chi connectivity index (χ1v) is 6.48. The van der Waals surface area contributed by atoms with Gasteiger partial charge >= 0.3 is 0 Å². The van der Waals surface area contributed by atoms with E-state index in [0.717, 1.165) is 16.9 Å². The highest BCUT2D eigenvalue weighted by Crippen LogP contribution is 2.22. The number of nitrogens with one attached hydrogen (secondary N) is 1. The first-order chi connectivity index (χ1) is 9.49. The first kappa shape index (κ1) is 14.0. The quantitative estimate of drug-likeness (QED) is 0.670. The molecular weight excluding hydrogens is 256 g/mol. The topological polar surface area (TPSA) is 73.0 Å². The van der Waals surface area contributed by atoms with E-state index in [2.05, 4.69) is 28.7 Å². The zero-order valence-electron chi connectivity index (χ0n) is 11.8. The summed E-state index contributed by atoms with van der Waals surface area (Å²) in [5.41, 5.74) is 2.94. The van der Waals surface area contributed by atoms with Crippen LogP contribution in [0.1, 0.15) is 31.1 Å². The smallest absolute Gasteiger partial charge is 0.269 e. The van der Waals surface area contributed by atoms with Crippen LogP contribution in [0.15, 0.2) is 30.7 Å². The van der Waals surface area contributed by atoms with Crippen LogP contribution in [0, 0.1) is 17.0 Å². The molecule has 6 heteroatoms. The summed E-state index contributed by atoms with van der Waals surface area (Å²) in [6.07, 6.45) is 3.64. The molecule has 0 radical (unpaired) electrons. The van der Waals surface area contributed by atoms with Gasteiger partial charge in [-0.05, 0) is 32.4 Å². The van der Waals surface area contributed by atoms with E-state index in [1.807, 2.05) is 19.4 Å². The summed E-state index contributed by atoms with van der Waals surface area (Å²) in [5.74, 6) is 0. The molecule has 1 heterocycles. The molecule has 0 atom stereocenters. The molecule has 1 aromatic carbocycles. The van der Waals surface area contributed by atoms with Gasteiger partial charge in [-0.1, -0.05) is 0 Å². The molecule has 0 fully saturated rings. The fourth-order valence-corrected chi connectivity index (χ4v) is 2.08. The second kappa shape index (κ2) is 5.73. The van der Waals surface area contributed by atoms with E-state index >= 15 is 0 Å². The van der Waals surface area contributed by atoms with Crippen LogP contribution in [0.2, 0.25) is 0 Å². The predicted molar refractivity (Wildman–Crippen MR) is 77.8 cm³/mol. The average Bonchev–Trinajstić information content (AvgIpc) is 2.85. The molecule has 0 aliphatic carbocycles. The van der Waals surface area contributed by atoms with Crippen LogP contribution in [0.3, 0.4) is 0 Å². The third-order valence-corrected chi connectivity index (χ3v) is 3.18. The maximum Gasteiger partial charge on any atom is 0.269 e. The van der Waals surface area contributed by atoms with Gasteiger partial charge in [0.25, 0.3) is 5.69 Å². The summed E-state index contributed by atoms with van der Waals surface area (Å²) in [4.78, 5) is 14.5. The number of nitro benzene ring substituents is 1. The predicted octanol–water partition coefficient (Wildman–Crippen LogP) is 3.29. The Hall–Kier alpha value is -2.37. The van der Waals surface area contributed by atoms with Crippen molar-refractivity contribution >= 4 is 11.4 Å². The lowest BCUT2D eigenvalue weighted by Crippen LogP contribution is -2.09. The third kappa shape index (κ3) is 2.96. The number of aromatic nitrogens is 2. The van der Waals surface area contributed by atoms with Crippen molar-refractivity contribution in [1.82, 2.24) is 9.55 Å². The number of nitrogens with zero attached hydrogens (tertiary/aromatic N) is 3. The molecule has 2 rings (SSSR count). The van der Waals surface area contributed by atoms with Crippen LogP contribution in [-0.4, -0.2) is 14.5 Å². The number of hydrogen-bond acceptors (Lipinski definition) is 4. The molecule has 0 unspecified atom stereocenters. The van der Waals surface area contributed by atoms with Crippen molar-refractivity contribution in [2.24, 2.45) is 0 Å². The second-order valence-corrected chi connectivity index (χ2v) is 5.00. The molecule has 2 aromatic rings. The van der Waals surface area contributed by atoms with Crippen LogP contribution in [-0.2, 0) is 6.54 Å². The molecule has 1 aromatic heterocycles. The van der Waals surface area contributed by atoms with Gasteiger partial charge in [0.05, 0.1) is 23.5 Å². The molecule has 1 N–H and O–H groups in total. The Morgan fingerprint density at radius 1 is 1.45 bits per heavy atom. The third-order valence-electron chi connectivity index (χ3n) is 3.18. The average molecular weight is 274 g/mol. The normalized spacial score (nSPS) is 10.8. The zero-order valence-corrected chi connectivity index (χ0v) is 11.8. The van der Waals surface area contributed by atoms with E-state index < -0.39 is 0 Å². The van der Waals surface area contributed by atoms with Crippen LogP contribution < -0.4 is 5.32 Å². The lowest BCUT2D eigenvalue weighted by molar-refractivity contribution is -0.384. The SMILES string of the molecule is Cc1cc([N+](=O)[O-])ccc1NCc1cncn1C(C)C. The Bertz CT molecular complexity index is 619. The molecule has 0 aliphatic heterocycles. The summed E-state index contributed by atoms with van der Waals surface area (Å²) in [6, 6.07) is 5.17. The number of hydrogen-bond donors (Lipinski definition) is 1. The van der Waals surface area contributed by atoms with E-state index in [4.69, 9.17) is 0 Å². The van der Waals surface area contributed by atoms with Gasteiger partial charge in [0.15, 0.2) is 0 Å². The molecule has 106 valence electrons. The Labute approximate surface area is 117 Å². The van der Waals surface area contributed by atoms with Crippen LogP contribution in [0.5, 0.6) is 0 Å². The summed E-state index contributed by atoms with van der Waals surface area (Å²) in [7, 11) is 0. The van der Waals surface area contributed by atoms with Crippen LogP contribution in [0.25, 0.3) is 0 Å². The van der Waals surface area contributed by atoms with Gasteiger partial charge in [-0.25, -0.2) is 4.98 Å². The van der Waals surface area contributed by atoms with Crippen molar-refractivity contribution in [2.45, 2.75) is 33.4 Å². The molecule has 0 saturated carbocycles. The Morgan fingerprint density at radius 2 is 2.20 bits per heavy atom. The van der Waals surface area contributed by atoms with Crippen molar-refractivity contribution in [2.75, 3.05) is 5.32 Å². The lowest BCUT2D eigenvalue weighted by atomic mass is 10.2. The largest absolute Gasteiger partial charge is 0.379 e. The minimum atomic E-state index is -0.384. The van der Waals surface area contributed by atoms with Gasteiger partial charge in [-0.3, -0.25) is 10.1 Å². The van der Waals surface area contributed by atoms with E-state index in [1.165, 1.54) is 6.07 Å². The van der Waals surface area contributed by atoms with Crippen LogP contribution >= 0.6 is 0 Å². The molecule has 0 aliphatic rings. The fraction of sp³-hybridized carbons (Fsp3) is 0.357. The van der Waals surface area contributed by atoms with Gasteiger partial charge in [0.2, 0.25) is 0 Å². The van der Waals surface area contributed by atoms with Gasteiger partial charge in [-0.15, -0.1) is 0 Å². The van der Waals surface area contributed by atoms with E-state index in [9.17, 15) is 10.1 Å². The number of rotatable bonds is 5. The number of aryl methyl sites for hydroxylation is 1. The molecule has 0 amide bonds. The number of nitro groups is 1. The van der Waals surface area contributed by atoms with Crippen molar-refractivity contribution in [3.8, 4) is 0 Å². The first-order valence-electron chi connectivity index (χ1n) is 6.48. The van der Waals surface area contributed by atoms with Crippen molar-refractivity contribution < 1.29 is 4.92 Å². The maximum absolute atomic E-state index is 10.7. The van der Waals surface area contributed by atoms with E-state index in [0.29, 0.717) is 12.6 Å². The van der Waals surface area contributed by atoms with E-state index in [-0.39, 0.29) is 10.6 Å². The summed E-state index contributed by atoms with van der Waals surface area (Å²) in [5, 5.41) is 14.0. The molecule has 0 saturated heterocycles. The number of imidazole rings is 1. The summed E-state index contributed by atoms with van der Waals surface area (Å²) in [6.45, 7) is 6.69. The molecule has 6 nitrogen and oxygen atoms in total. The number of anilines is 1. The summed E-state index contributed by atoms with van der Waals surface area (Å²) < 4.78 is 2.09. The maximum atomic E-state index is 10.7. The van der Waals surface area contributed by atoms with Crippen LogP contribution in [0.4, 0.5) is 11.4 Å². The Kier molecular flexibility index (Phi) is 4.02. The number of non-ortho nitro benzene ring substituents is 1. The standard InChI is InChI=1S/C14H18N4O2/c1-10(2)17-9-15-7-13(17)8-16-14-5-4-12(18(19)20)6-11(14)3/h4-7,9-10,16H,8H2,1-3H3. The Morgan fingerprint density at radius 3 is 2.80 bits per heavy atom. The molecule has 0 bridgehead atoms. The zero-order chi connectivity index (χ0) is 14.7. The van der Waals surface area contributed by atoms with Crippen molar-refractivity contribution in [3.63, 3.8) is 0 Å². The summed E-state index contributed by atoms with van der Waals surface area (Å²) >= 11 is 0. The second-order valence-electron chi connectivity index (χ2n) is 5.00. The molecule has 20 heavy (non-hydrogen) atoms. The Balaban J connectivity index is 2.11. The van der Waals surface area contributed by atoms with Gasteiger partial charge in [0.1, 0.15) is 0 Å². The molecular formula is C14H18N4O2. The number of benzene rings is 1. The monoisotopic (exact) mass is 274 g/mol. The highest BCUT2D eigenvalue weighted by atomic mass is 16.6.